The molecule has 0 aromatic heterocycles. The molecule has 4 nitrogen and oxygen atoms in total. The van der Waals surface area contributed by atoms with E-state index >= 15 is 0 Å². The average Bonchev–Trinajstić information content (AvgIpc) is 2.88. The SMILES string of the molecule is O=C(NN=C1Cc2ccccc2C1)Nc1cccc(F)c1. The molecule has 2 amide bonds. The van der Waals surface area contributed by atoms with Gasteiger partial charge in [-0.25, -0.2) is 14.6 Å². The van der Waals surface area contributed by atoms with Gasteiger partial charge in [0.15, 0.2) is 0 Å². The fourth-order valence-electron chi connectivity index (χ4n) is 2.34. The molecule has 2 aromatic carbocycles. The van der Waals surface area contributed by atoms with Crippen molar-refractivity contribution in [2.45, 2.75) is 12.8 Å². The molecule has 0 spiro atoms. The molecule has 2 N–H and O–H groups in total. The highest BCUT2D eigenvalue weighted by molar-refractivity contribution is 5.95. The normalized spacial score (nSPS) is 12.7. The second-order valence-corrected chi connectivity index (χ2v) is 4.88. The molecular weight excluding hydrogens is 269 g/mol. The fourth-order valence-corrected chi connectivity index (χ4v) is 2.34. The minimum absolute atomic E-state index is 0.391. The minimum Gasteiger partial charge on any atom is -0.306 e. The lowest BCUT2D eigenvalue weighted by atomic mass is 10.1. The Morgan fingerprint density at radius 3 is 2.43 bits per heavy atom. The monoisotopic (exact) mass is 283 g/mol. The predicted molar refractivity (Wildman–Crippen MR) is 79.8 cm³/mol. The van der Waals surface area contributed by atoms with Gasteiger partial charge in [-0.15, -0.1) is 0 Å². The smallest absolute Gasteiger partial charge is 0.306 e. The van der Waals surface area contributed by atoms with Crippen LogP contribution in [-0.4, -0.2) is 11.7 Å². The Morgan fingerprint density at radius 1 is 1.05 bits per heavy atom. The molecule has 2 aromatic rings. The Balaban J connectivity index is 1.58. The van der Waals surface area contributed by atoms with E-state index in [-0.39, 0.29) is 0 Å². The molecule has 0 heterocycles. The Bertz CT molecular complexity index is 685. The van der Waals surface area contributed by atoms with Gasteiger partial charge in [0.2, 0.25) is 0 Å². The zero-order valence-corrected chi connectivity index (χ0v) is 11.3. The van der Waals surface area contributed by atoms with Gasteiger partial charge >= 0.3 is 6.03 Å². The molecule has 0 fully saturated rings. The lowest BCUT2D eigenvalue weighted by Crippen LogP contribution is -2.25. The molecule has 0 atom stereocenters. The number of nitrogens with one attached hydrogen (secondary N) is 2. The maximum absolute atomic E-state index is 13.0. The van der Waals surface area contributed by atoms with Crippen LogP contribution in [0.5, 0.6) is 0 Å². The Hall–Kier alpha value is -2.69. The van der Waals surface area contributed by atoms with Gasteiger partial charge in [0.1, 0.15) is 5.82 Å². The number of amides is 2. The molecule has 0 unspecified atom stereocenters. The van der Waals surface area contributed by atoms with Crippen LogP contribution in [0.25, 0.3) is 0 Å². The van der Waals surface area contributed by atoms with Gasteiger partial charge in [-0.2, -0.15) is 5.10 Å². The molecule has 0 saturated carbocycles. The molecule has 106 valence electrons. The summed E-state index contributed by atoms with van der Waals surface area (Å²) in [7, 11) is 0. The Kier molecular flexibility index (Phi) is 3.64. The van der Waals surface area contributed by atoms with Crippen molar-refractivity contribution in [3.8, 4) is 0 Å². The molecule has 0 aliphatic heterocycles. The van der Waals surface area contributed by atoms with E-state index < -0.39 is 11.8 Å². The zero-order valence-electron chi connectivity index (χ0n) is 11.3. The van der Waals surface area contributed by atoms with E-state index in [9.17, 15) is 9.18 Å². The average molecular weight is 283 g/mol. The van der Waals surface area contributed by atoms with Crippen LogP contribution in [0.1, 0.15) is 11.1 Å². The second kappa shape index (κ2) is 5.75. The summed E-state index contributed by atoms with van der Waals surface area (Å²) in [6.07, 6.45) is 1.49. The summed E-state index contributed by atoms with van der Waals surface area (Å²) in [6, 6.07) is 13.3. The van der Waals surface area contributed by atoms with Crippen LogP contribution in [0.3, 0.4) is 0 Å². The quantitative estimate of drug-likeness (QED) is 0.818. The number of hydrazone groups is 1. The van der Waals surface area contributed by atoms with Crippen LogP contribution in [0.15, 0.2) is 53.6 Å². The van der Waals surface area contributed by atoms with E-state index in [2.05, 4.69) is 28.0 Å². The maximum Gasteiger partial charge on any atom is 0.339 e. The number of rotatable bonds is 2. The number of urea groups is 1. The highest BCUT2D eigenvalue weighted by Gasteiger charge is 2.16. The topological polar surface area (TPSA) is 53.5 Å². The van der Waals surface area contributed by atoms with Gasteiger partial charge in [0, 0.05) is 24.2 Å². The Morgan fingerprint density at radius 2 is 1.76 bits per heavy atom. The van der Waals surface area contributed by atoms with Crippen LogP contribution in [-0.2, 0) is 12.8 Å². The Labute approximate surface area is 121 Å². The van der Waals surface area contributed by atoms with Crippen molar-refractivity contribution < 1.29 is 9.18 Å². The molecule has 0 saturated heterocycles. The third-order valence-electron chi connectivity index (χ3n) is 3.31. The third kappa shape index (κ3) is 3.25. The summed E-state index contributed by atoms with van der Waals surface area (Å²) in [5.41, 5.74) is 6.22. The first-order chi connectivity index (χ1) is 10.2. The number of halogens is 1. The van der Waals surface area contributed by atoms with Gasteiger partial charge in [-0.1, -0.05) is 30.3 Å². The van der Waals surface area contributed by atoms with E-state index in [4.69, 9.17) is 0 Å². The molecule has 0 radical (unpaired) electrons. The maximum atomic E-state index is 13.0. The van der Waals surface area contributed by atoms with Crippen LogP contribution in [0.2, 0.25) is 0 Å². The lowest BCUT2D eigenvalue weighted by molar-refractivity contribution is 0.252. The van der Waals surface area contributed by atoms with E-state index in [1.165, 1.54) is 29.3 Å². The van der Waals surface area contributed by atoms with Crippen molar-refractivity contribution in [2.75, 3.05) is 5.32 Å². The van der Waals surface area contributed by atoms with Crippen molar-refractivity contribution in [1.82, 2.24) is 5.43 Å². The van der Waals surface area contributed by atoms with E-state index in [1.807, 2.05) is 12.1 Å². The number of carbonyl (C=O) groups excluding carboxylic acids is 1. The summed E-state index contributed by atoms with van der Waals surface area (Å²) in [5, 5.41) is 6.65. The van der Waals surface area contributed by atoms with E-state index in [1.54, 1.807) is 6.07 Å². The second-order valence-electron chi connectivity index (χ2n) is 4.88. The van der Waals surface area contributed by atoms with Crippen LogP contribution < -0.4 is 10.7 Å². The summed E-state index contributed by atoms with van der Waals surface area (Å²) < 4.78 is 13.0. The molecular formula is C16H14FN3O. The number of hydrogen-bond acceptors (Lipinski definition) is 2. The first kappa shape index (κ1) is 13.3. The molecule has 1 aliphatic carbocycles. The van der Waals surface area contributed by atoms with Gasteiger partial charge in [-0.05, 0) is 29.3 Å². The summed E-state index contributed by atoms with van der Waals surface area (Å²) in [4.78, 5) is 11.7. The van der Waals surface area contributed by atoms with Crippen LogP contribution >= 0.6 is 0 Å². The fraction of sp³-hybridized carbons (Fsp3) is 0.125. The summed E-state index contributed by atoms with van der Waals surface area (Å²) in [6.45, 7) is 0. The van der Waals surface area contributed by atoms with Gasteiger partial charge in [0.05, 0.1) is 0 Å². The van der Waals surface area contributed by atoms with Crippen molar-refractivity contribution >= 4 is 17.4 Å². The molecule has 1 aliphatic rings. The number of nitrogens with zero attached hydrogens (tertiary/aromatic N) is 1. The highest BCUT2D eigenvalue weighted by atomic mass is 19.1. The number of anilines is 1. The standard InChI is InChI=1S/C16H14FN3O/c17-13-6-3-7-14(10-13)18-16(21)20-19-15-8-11-4-1-2-5-12(11)9-15/h1-7,10H,8-9H2,(H2,18,20,21). The van der Waals surface area contributed by atoms with E-state index in [0.717, 1.165) is 18.6 Å². The minimum atomic E-state index is -0.482. The van der Waals surface area contributed by atoms with E-state index in [0.29, 0.717) is 5.69 Å². The summed E-state index contributed by atoms with van der Waals surface area (Å²) in [5.74, 6) is -0.398. The van der Waals surface area contributed by atoms with Gasteiger partial charge in [-0.3, -0.25) is 0 Å². The predicted octanol–water partition coefficient (Wildman–Crippen LogP) is 3.10. The summed E-state index contributed by atoms with van der Waals surface area (Å²) >= 11 is 0. The molecule has 0 bridgehead atoms. The van der Waals surface area contributed by atoms with Crippen molar-refractivity contribution in [2.24, 2.45) is 5.10 Å². The van der Waals surface area contributed by atoms with Crippen molar-refractivity contribution in [3.63, 3.8) is 0 Å². The number of carbonyl (C=O) groups is 1. The first-order valence-corrected chi connectivity index (χ1v) is 6.65. The molecule has 3 rings (SSSR count). The zero-order chi connectivity index (χ0) is 14.7. The lowest BCUT2D eigenvalue weighted by Gasteiger charge is -2.04. The van der Waals surface area contributed by atoms with Gasteiger partial charge < -0.3 is 5.32 Å². The number of hydrogen-bond donors (Lipinski definition) is 2. The largest absolute Gasteiger partial charge is 0.339 e. The molecule has 21 heavy (non-hydrogen) atoms. The third-order valence-corrected chi connectivity index (χ3v) is 3.31. The van der Waals surface area contributed by atoms with Crippen molar-refractivity contribution in [1.29, 1.82) is 0 Å². The molecule has 5 heteroatoms. The van der Waals surface area contributed by atoms with Gasteiger partial charge in [0.25, 0.3) is 0 Å². The first-order valence-electron chi connectivity index (χ1n) is 6.65. The highest BCUT2D eigenvalue weighted by Crippen LogP contribution is 2.19. The number of fused-ring (bicyclic) bond motifs is 1. The van der Waals surface area contributed by atoms with Crippen LogP contribution in [0.4, 0.5) is 14.9 Å². The number of benzene rings is 2. The van der Waals surface area contributed by atoms with Crippen LogP contribution in [0, 0.1) is 5.82 Å². The van der Waals surface area contributed by atoms with Crippen molar-refractivity contribution in [3.05, 3.63) is 65.5 Å².